The van der Waals surface area contributed by atoms with Gasteiger partial charge in [0.15, 0.2) is 5.17 Å². The SMILES string of the molecule is CCn1cc(C=C2SC(N3CCN(S(=O)(=O)CC)CC3)=NC2=O)c(C)n1. The molecule has 0 aliphatic carbocycles. The fourth-order valence-electron chi connectivity index (χ4n) is 2.85. The van der Waals surface area contributed by atoms with Crippen LogP contribution in [0.15, 0.2) is 16.1 Å². The van der Waals surface area contributed by atoms with Crippen LogP contribution in [0.1, 0.15) is 25.1 Å². The molecule has 1 fully saturated rings. The van der Waals surface area contributed by atoms with E-state index in [-0.39, 0.29) is 11.7 Å². The Labute approximate surface area is 158 Å². The van der Waals surface area contributed by atoms with Crippen LogP contribution < -0.4 is 0 Å². The van der Waals surface area contributed by atoms with Gasteiger partial charge in [0.05, 0.1) is 16.4 Å². The molecule has 0 radical (unpaired) electrons. The van der Waals surface area contributed by atoms with Gasteiger partial charge in [-0.05, 0) is 38.6 Å². The molecule has 2 aliphatic heterocycles. The third kappa shape index (κ3) is 3.86. The Balaban J connectivity index is 1.67. The quantitative estimate of drug-likeness (QED) is 0.708. The van der Waals surface area contributed by atoms with Crippen LogP contribution in [0.2, 0.25) is 0 Å². The Kier molecular flexibility index (Phi) is 5.54. The van der Waals surface area contributed by atoms with E-state index in [0.29, 0.717) is 36.3 Å². The number of piperazine rings is 1. The molecule has 0 aromatic carbocycles. The first-order valence-corrected chi connectivity index (χ1v) is 11.1. The largest absolute Gasteiger partial charge is 0.348 e. The van der Waals surface area contributed by atoms with Gasteiger partial charge in [0.1, 0.15) is 0 Å². The molecular weight excluding hydrogens is 374 g/mol. The number of nitrogens with zero attached hydrogens (tertiary/aromatic N) is 5. The highest BCUT2D eigenvalue weighted by Crippen LogP contribution is 2.31. The highest BCUT2D eigenvalue weighted by atomic mass is 32.2. The van der Waals surface area contributed by atoms with Crippen molar-refractivity contribution in [2.45, 2.75) is 27.3 Å². The van der Waals surface area contributed by atoms with Crippen LogP contribution in [-0.2, 0) is 21.4 Å². The molecule has 26 heavy (non-hydrogen) atoms. The molecule has 0 spiro atoms. The van der Waals surface area contributed by atoms with E-state index in [9.17, 15) is 13.2 Å². The van der Waals surface area contributed by atoms with Gasteiger partial charge in [0.2, 0.25) is 10.0 Å². The third-order valence-corrected chi connectivity index (χ3v) is 7.40. The van der Waals surface area contributed by atoms with Gasteiger partial charge < -0.3 is 4.90 Å². The van der Waals surface area contributed by atoms with Crippen molar-refractivity contribution in [3.05, 3.63) is 22.4 Å². The van der Waals surface area contributed by atoms with Gasteiger partial charge in [0, 0.05) is 44.5 Å². The molecule has 1 aromatic heterocycles. The lowest BCUT2D eigenvalue weighted by atomic mass is 10.2. The molecular formula is C16H23N5O3S2. The summed E-state index contributed by atoms with van der Waals surface area (Å²) in [6, 6.07) is 0. The molecule has 3 heterocycles. The number of thioether (sulfide) groups is 1. The fraction of sp³-hybridized carbons (Fsp3) is 0.562. The summed E-state index contributed by atoms with van der Waals surface area (Å²) in [6.45, 7) is 8.28. The maximum absolute atomic E-state index is 12.3. The number of hydrogen-bond acceptors (Lipinski definition) is 6. The normalized spacial score (nSPS) is 20.9. The number of sulfonamides is 1. The zero-order valence-electron chi connectivity index (χ0n) is 15.2. The van der Waals surface area contributed by atoms with Gasteiger partial charge in [-0.15, -0.1) is 0 Å². The molecule has 2 aliphatic rings. The second kappa shape index (κ2) is 7.53. The van der Waals surface area contributed by atoms with Crippen molar-refractivity contribution in [1.82, 2.24) is 19.0 Å². The first-order valence-electron chi connectivity index (χ1n) is 8.63. The summed E-state index contributed by atoms with van der Waals surface area (Å²) in [6.07, 6.45) is 3.75. The fourth-order valence-corrected chi connectivity index (χ4v) is 4.89. The summed E-state index contributed by atoms with van der Waals surface area (Å²) in [4.78, 5) is 19.0. The van der Waals surface area contributed by atoms with Gasteiger partial charge in [-0.3, -0.25) is 9.48 Å². The number of hydrogen-bond donors (Lipinski definition) is 0. The molecule has 0 atom stereocenters. The summed E-state index contributed by atoms with van der Waals surface area (Å²) in [5.41, 5.74) is 1.79. The Bertz CT molecular complexity index is 864. The number of aryl methyl sites for hydroxylation is 2. The second-order valence-electron chi connectivity index (χ2n) is 6.12. The van der Waals surface area contributed by atoms with E-state index in [1.165, 1.54) is 16.1 Å². The van der Waals surface area contributed by atoms with E-state index >= 15 is 0 Å². The average molecular weight is 398 g/mol. The first kappa shape index (κ1) is 19.1. The van der Waals surface area contributed by atoms with Crippen LogP contribution in [0.25, 0.3) is 6.08 Å². The molecule has 0 saturated carbocycles. The zero-order chi connectivity index (χ0) is 18.9. The minimum atomic E-state index is -3.16. The predicted molar refractivity (Wildman–Crippen MR) is 103 cm³/mol. The molecule has 1 aromatic rings. The van der Waals surface area contributed by atoms with Crippen molar-refractivity contribution in [3.63, 3.8) is 0 Å². The molecule has 0 N–H and O–H groups in total. The Morgan fingerprint density at radius 3 is 2.50 bits per heavy atom. The Hall–Kier alpha value is -1.65. The minimum absolute atomic E-state index is 0.110. The van der Waals surface area contributed by atoms with Crippen molar-refractivity contribution in [2.75, 3.05) is 31.9 Å². The lowest BCUT2D eigenvalue weighted by molar-refractivity contribution is -0.113. The molecule has 0 bridgehead atoms. The highest BCUT2D eigenvalue weighted by molar-refractivity contribution is 8.18. The second-order valence-corrected chi connectivity index (χ2v) is 9.39. The first-order chi connectivity index (χ1) is 12.3. The molecule has 1 saturated heterocycles. The van der Waals surface area contributed by atoms with Crippen molar-refractivity contribution in [2.24, 2.45) is 4.99 Å². The van der Waals surface area contributed by atoms with Crippen molar-refractivity contribution < 1.29 is 13.2 Å². The number of aromatic nitrogens is 2. The van der Waals surface area contributed by atoms with Gasteiger partial charge >= 0.3 is 0 Å². The average Bonchev–Trinajstić information content (AvgIpc) is 3.18. The number of carbonyl (C=O) groups excluding carboxylic acids is 1. The summed E-state index contributed by atoms with van der Waals surface area (Å²) in [5, 5.41) is 5.03. The topological polar surface area (TPSA) is 87.9 Å². The molecule has 1 amide bonds. The van der Waals surface area contributed by atoms with Crippen molar-refractivity contribution in [1.29, 1.82) is 0 Å². The van der Waals surface area contributed by atoms with Crippen LogP contribution >= 0.6 is 11.8 Å². The lowest BCUT2D eigenvalue weighted by Gasteiger charge is -2.34. The summed E-state index contributed by atoms with van der Waals surface area (Å²) in [7, 11) is -3.16. The predicted octanol–water partition coefficient (Wildman–Crippen LogP) is 1.15. The standard InChI is InChI=1S/C16H23N5O3S2/c1-4-20-11-13(12(3)18-20)10-14-15(22)17-16(25-14)19-6-8-21(9-7-19)26(23,24)5-2/h10-11H,4-9H2,1-3H3. The van der Waals surface area contributed by atoms with E-state index < -0.39 is 10.0 Å². The highest BCUT2D eigenvalue weighted by Gasteiger charge is 2.31. The zero-order valence-corrected chi connectivity index (χ0v) is 16.8. The molecule has 3 rings (SSSR count). The van der Waals surface area contributed by atoms with Gasteiger partial charge in [-0.25, -0.2) is 8.42 Å². The molecule has 142 valence electrons. The lowest BCUT2D eigenvalue weighted by Crippen LogP contribution is -2.50. The van der Waals surface area contributed by atoms with Crippen LogP contribution in [0, 0.1) is 6.92 Å². The summed E-state index contributed by atoms with van der Waals surface area (Å²) >= 11 is 1.34. The Morgan fingerprint density at radius 2 is 1.92 bits per heavy atom. The molecule has 0 unspecified atom stereocenters. The number of rotatable bonds is 4. The van der Waals surface area contributed by atoms with Gasteiger partial charge in [-0.1, -0.05) is 0 Å². The van der Waals surface area contributed by atoms with Crippen LogP contribution in [0.4, 0.5) is 0 Å². The van der Waals surface area contributed by atoms with E-state index in [2.05, 4.69) is 10.1 Å². The van der Waals surface area contributed by atoms with Gasteiger partial charge in [-0.2, -0.15) is 14.4 Å². The van der Waals surface area contributed by atoms with E-state index in [1.54, 1.807) is 6.92 Å². The monoisotopic (exact) mass is 397 g/mol. The minimum Gasteiger partial charge on any atom is -0.348 e. The van der Waals surface area contributed by atoms with E-state index in [4.69, 9.17) is 0 Å². The van der Waals surface area contributed by atoms with Gasteiger partial charge in [0.25, 0.3) is 5.91 Å². The van der Waals surface area contributed by atoms with Crippen LogP contribution in [-0.4, -0.2) is 70.4 Å². The van der Waals surface area contributed by atoms with E-state index in [0.717, 1.165) is 17.8 Å². The van der Waals surface area contributed by atoms with Crippen molar-refractivity contribution in [3.8, 4) is 0 Å². The maximum Gasteiger partial charge on any atom is 0.286 e. The van der Waals surface area contributed by atoms with Crippen LogP contribution in [0.5, 0.6) is 0 Å². The number of carbonyl (C=O) groups is 1. The summed E-state index contributed by atoms with van der Waals surface area (Å²) < 4.78 is 27.2. The summed E-state index contributed by atoms with van der Waals surface area (Å²) in [5.74, 6) is -0.143. The van der Waals surface area contributed by atoms with Crippen molar-refractivity contribution >= 4 is 38.9 Å². The number of aliphatic imine (C=N–C) groups is 1. The molecule has 8 nitrogen and oxygen atoms in total. The third-order valence-electron chi connectivity index (χ3n) is 4.47. The Morgan fingerprint density at radius 1 is 1.23 bits per heavy atom. The number of amidine groups is 1. The van der Waals surface area contributed by atoms with E-state index in [1.807, 2.05) is 35.7 Å². The molecule has 10 heteroatoms. The smallest absolute Gasteiger partial charge is 0.286 e. The van der Waals surface area contributed by atoms with Crippen LogP contribution in [0.3, 0.4) is 0 Å². The maximum atomic E-state index is 12.3. The number of amides is 1.